The Balaban J connectivity index is 2.78. The number of rotatable bonds is 6. The molecule has 17 heavy (non-hydrogen) atoms. The third-order valence-corrected chi connectivity index (χ3v) is 2.95. The summed E-state index contributed by atoms with van der Waals surface area (Å²) in [5.41, 5.74) is 7.03. The standard InChI is InChI=1S/C13H25N3O/c1-12(2,6-7-17-5)9-16-10-15-8-11(16)13(3,4)14/h8,10H,6-7,9,14H2,1-5H3. The molecule has 2 N–H and O–H groups in total. The molecule has 1 aromatic heterocycles. The van der Waals surface area contributed by atoms with Crippen LogP contribution in [0.4, 0.5) is 0 Å². The van der Waals surface area contributed by atoms with E-state index in [1.165, 1.54) is 0 Å². The average molecular weight is 239 g/mol. The van der Waals surface area contributed by atoms with E-state index in [9.17, 15) is 0 Å². The Bertz CT molecular complexity index is 350. The van der Waals surface area contributed by atoms with Crippen LogP contribution in [0, 0.1) is 5.41 Å². The van der Waals surface area contributed by atoms with Crippen molar-refractivity contribution in [3.63, 3.8) is 0 Å². The van der Waals surface area contributed by atoms with E-state index in [4.69, 9.17) is 10.5 Å². The molecule has 0 aliphatic carbocycles. The first-order valence-electron chi connectivity index (χ1n) is 6.05. The van der Waals surface area contributed by atoms with Crippen molar-refractivity contribution in [1.29, 1.82) is 0 Å². The molecule has 0 aliphatic rings. The molecule has 0 bridgehead atoms. The number of hydrogen-bond acceptors (Lipinski definition) is 3. The molecular weight excluding hydrogens is 214 g/mol. The minimum Gasteiger partial charge on any atom is -0.385 e. The Kier molecular flexibility index (Phi) is 4.33. The smallest absolute Gasteiger partial charge is 0.0948 e. The highest BCUT2D eigenvalue weighted by atomic mass is 16.5. The van der Waals surface area contributed by atoms with Gasteiger partial charge in [-0.1, -0.05) is 13.8 Å². The van der Waals surface area contributed by atoms with Crippen molar-refractivity contribution in [1.82, 2.24) is 9.55 Å². The van der Waals surface area contributed by atoms with Crippen LogP contribution in [0.15, 0.2) is 12.5 Å². The van der Waals surface area contributed by atoms with Gasteiger partial charge in [-0.3, -0.25) is 0 Å². The number of nitrogens with two attached hydrogens (primary N) is 1. The lowest BCUT2D eigenvalue weighted by molar-refractivity contribution is 0.141. The van der Waals surface area contributed by atoms with E-state index >= 15 is 0 Å². The second-order valence-corrected chi connectivity index (χ2v) is 6.04. The lowest BCUT2D eigenvalue weighted by atomic mass is 9.89. The van der Waals surface area contributed by atoms with Gasteiger partial charge in [0.2, 0.25) is 0 Å². The SMILES string of the molecule is COCCC(C)(C)Cn1cncc1C(C)(C)N. The monoisotopic (exact) mass is 239 g/mol. The maximum Gasteiger partial charge on any atom is 0.0948 e. The van der Waals surface area contributed by atoms with Crippen LogP contribution in [-0.2, 0) is 16.8 Å². The number of ether oxygens (including phenoxy) is 1. The second kappa shape index (κ2) is 5.19. The van der Waals surface area contributed by atoms with Crippen molar-refractivity contribution in [2.24, 2.45) is 11.1 Å². The molecule has 0 radical (unpaired) electrons. The molecule has 0 spiro atoms. The molecular formula is C13H25N3O. The van der Waals surface area contributed by atoms with Crippen LogP contribution in [0.2, 0.25) is 0 Å². The molecule has 1 rings (SSSR count). The van der Waals surface area contributed by atoms with Crippen molar-refractivity contribution >= 4 is 0 Å². The van der Waals surface area contributed by atoms with Crippen molar-refractivity contribution < 1.29 is 4.74 Å². The summed E-state index contributed by atoms with van der Waals surface area (Å²) in [5, 5.41) is 0. The summed E-state index contributed by atoms with van der Waals surface area (Å²) in [7, 11) is 1.74. The van der Waals surface area contributed by atoms with Gasteiger partial charge in [0.05, 0.1) is 17.6 Å². The van der Waals surface area contributed by atoms with E-state index in [0.29, 0.717) is 0 Å². The topological polar surface area (TPSA) is 53.1 Å². The van der Waals surface area contributed by atoms with Crippen molar-refractivity contribution in [3.05, 3.63) is 18.2 Å². The lowest BCUT2D eigenvalue weighted by Crippen LogP contribution is -2.33. The van der Waals surface area contributed by atoms with E-state index in [2.05, 4.69) is 23.4 Å². The summed E-state index contributed by atoms with van der Waals surface area (Å²) in [4.78, 5) is 4.20. The molecule has 4 nitrogen and oxygen atoms in total. The molecule has 1 aromatic rings. The Morgan fingerprint density at radius 1 is 1.35 bits per heavy atom. The molecule has 98 valence electrons. The first-order valence-corrected chi connectivity index (χ1v) is 6.05. The fourth-order valence-electron chi connectivity index (χ4n) is 1.90. The third kappa shape index (κ3) is 4.13. The van der Waals surface area contributed by atoms with Gasteiger partial charge < -0.3 is 15.0 Å². The van der Waals surface area contributed by atoms with Gasteiger partial charge in [0.15, 0.2) is 0 Å². The van der Waals surface area contributed by atoms with E-state index in [1.54, 1.807) is 7.11 Å². The summed E-state index contributed by atoms with van der Waals surface area (Å²) >= 11 is 0. The van der Waals surface area contributed by atoms with Crippen LogP contribution in [0.3, 0.4) is 0 Å². The van der Waals surface area contributed by atoms with Gasteiger partial charge in [0, 0.05) is 26.5 Å². The maximum atomic E-state index is 6.14. The third-order valence-electron chi connectivity index (χ3n) is 2.95. The summed E-state index contributed by atoms with van der Waals surface area (Å²) in [5.74, 6) is 0. The zero-order valence-electron chi connectivity index (χ0n) is 11.7. The van der Waals surface area contributed by atoms with E-state index in [1.807, 2.05) is 26.4 Å². The lowest BCUT2D eigenvalue weighted by Gasteiger charge is -2.28. The van der Waals surface area contributed by atoms with Gasteiger partial charge in [-0.25, -0.2) is 4.98 Å². The predicted octanol–water partition coefficient (Wildman–Crippen LogP) is 2.14. The summed E-state index contributed by atoms with van der Waals surface area (Å²) in [6.45, 7) is 10.2. The molecule has 0 atom stereocenters. The highest BCUT2D eigenvalue weighted by Crippen LogP contribution is 2.26. The highest BCUT2D eigenvalue weighted by Gasteiger charge is 2.24. The number of aromatic nitrogens is 2. The highest BCUT2D eigenvalue weighted by molar-refractivity contribution is 5.10. The molecule has 0 saturated heterocycles. The number of hydrogen-bond donors (Lipinski definition) is 1. The first kappa shape index (κ1) is 14.2. The zero-order chi connectivity index (χ0) is 13.1. The van der Waals surface area contributed by atoms with Crippen LogP contribution in [-0.4, -0.2) is 23.3 Å². The Morgan fingerprint density at radius 2 is 2.00 bits per heavy atom. The Labute approximate surface area is 104 Å². The summed E-state index contributed by atoms with van der Waals surface area (Å²) in [6.07, 6.45) is 4.73. The fraction of sp³-hybridized carbons (Fsp3) is 0.769. The van der Waals surface area contributed by atoms with E-state index < -0.39 is 0 Å². The van der Waals surface area contributed by atoms with Gasteiger partial charge >= 0.3 is 0 Å². The van der Waals surface area contributed by atoms with Gasteiger partial charge in [-0.2, -0.15) is 0 Å². The number of methoxy groups -OCH3 is 1. The van der Waals surface area contributed by atoms with Crippen molar-refractivity contribution in [2.75, 3.05) is 13.7 Å². The molecule has 0 amide bonds. The van der Waals surface area contributed by atoms with Crippen LogP contribution in [0.5, 0.6) is 0 Å². The summed E-state index contributed by atoms with van der Waals surface area (Å²) < 4.78 is 7.29. The summed E-state index contributed by atoms with van der Waals surface area (Å²) in [6, 6.07) is 0. The maximum absolute atomic E-state index is 6.14. The molecule has 0 aliphatic heterocycles. The fourth-order valence-corrected chi connectivity index (χ4v) is 1.90. The van der Waals surface area contributed by atoms with E-state index in [-0.39, 0.29) is 11.0 Å². The number of nitrogens with zero attached hydrogens (tertiary/aromatic N) is 2. The second-order valence-electron chi connectivity index (χ2n) is 6.04. The number of imidazole rings is 1. The zero-order valence-corrected chi connectivity index (χ0v) is 11.7. The minimum absolute atomic E-state index is 0.177. The van der Waals surface area contributed by atoms with Crippen LogP contribution in [0.25, 0.3) is 0 Å². The molecule has 0 fully saturated rings. The van der Waals surface area contributed by atoms with Gasteiger partial charge in [0.25, 0.3) is 0 Å². The first-order chi connectivity index (χ1) is 7.76. The van der Waals surface area contributed by atoms with Crippen molar-refractivity contribution in [2.45, 2.75) is 46.2 Å². The van der Waals surface area contributed by atoms with Gasteiger partial charge in [-0.05, 0) is 25.7 Å². The van der Waals surface area contributed by atoms with Gasteiger partial charge in [-0.15, -0.1) is 0 Å². The van der Waals surface area contributed by atoms with Crippen molar-refractivity contribution in [3.8, 4) is 0 Å². The Hall–Kier alpha value is -0.870. The largest absolute Gasteiger partial charge is 0.385 e. The Morgan fingerprint density at radius 3 is 2.53 bits per heavy atom. The predicted molar refractivity (Wildman–Crippen MR) is 69.7 cm³/mol. The van der Waals surface area contributed by atoms with Crippen LogP contribution < -0.4 is 5.73 Å². The molecule has 0 saturated carbocycles. The van der Waals surface area contributed by atoms with E-state index in [0.717, 1.165) is 25.3 Å². The van der Waals surface area contributed by atoms with Gasteiger partial charge in [0.1, 0.15) is 0 Å². The average Bonchev–Trinajstić information content (AvgIpc) is 2.61. The molecule has 0 aromatic carbocycles. The molecule has 1 heterocycles. The normalized spacial score (nSPS) is 13.1. The van der Waals surface area contributed by atoms with Crippen LogP contribution >= 0.6 is 0 Å². The van der Waals surface area contributed by atoms with Crippen LogP contribution in [0.1, 0.15) is 39.8 Å². The molecule has 0 unspecified atom stereocenters. The molecule has 4 heteroatoms. The minimum atomic E-state index is -0.353. The quantitative estimate of drug-likeness (QED) is 0.827.